The summed E-state index contributed by atoms with van der Waals surface area (Å²) >= 11 is 0. The van der Waals surface area contributed by atoms with E-state index in [1.54, 1.807) is 34.6 Å². The Morgan fingerprint density at radius 1 is 1.24 bits per heavy atom. The van der Waals surface area contributed by atoms with Crippen molar-refractivity contribution in [2.75, 3.05) is 0 Å². The van der Waals surface area contributed by atoms with E-state index >= 15 is 0 Å². The molecule has 5 heteroatoms. The van der Waals surface area contributed by atoms with Crippen molar-refractivity contribution in [3.63, 3.8) is 0 Å². The highest BCUT2D eigenvalue weighted by atomic mass is 16.6. The van der Waals surface area contributed by atoms with Crippen LogP contribution in [0.4, 0.5) is 4.79 Å². The molecule has 0 aromatic carbocycles. The van der Waals surface area contributed by atoms with E-state index in [1.165, 1.54) is 6.92 Å². The minimum atomic E-state index is -0.917. The second-order valence-electron chi connectivity index (χ2n) is 5.32. The molecule has 0 radical (unpaired) electrons. The average molecular weight is 245 g/mol. The van der Waals surface area contributed by atoms with Crippen LogP contribution < -0.4 is 5.32 Å². The third-order valence-electron chi connectivity index (χ3n) is 2.41. The Morgan fingerprint density at radius 2 is 1.71 bits per heavy atom. The molecule has 0 spiro atoms. The summed E-state index contributed by atoms with van der Waals surface area (Å²) in [5.74, 6) is -0.629. The predicted octanol–water partition coefficient (Wildman–Crippen LogP) is 1.49. The fourth-order valence-corrected chi connectivity index (χ4v) is 1.25. The summed E-state index contributed by atoms with van der Waals surface area (Å²) in [6.45, 7) is 9.94. The number of hydrogen-bond acceptors (Lipinski definition) is 4. The molecule has 17 heavy (non-hydrogen) atoms. The molecule has 5 nitrogen and oxygen atoms in total. The molecule has 0 unspecified atom stereocenters. The fraction of sp³-hybridized carbons (Fsp3) is 0.833. The van der Waals surface area contributed by atoms with Crippen LogP contribution in [0.15, 0.2) is 0 Å². The Bertz CT molecular complexity index is 283. The molecular formula is C12H23NO4. The number of nitrogens with one attached hydrogen (secondary N) is 1. The molecule has 1 amide bonds. The molecule has 0 saturated carbocycles. The number of ketones is 1. The van der Waals surface area contributed by atoms with Gasteiger partial charge in [-0.05, 0) is 34.6 Å². The van der Waals surface area contributed by atoms with Gasteiger partial charge in [0.25, 0.3) is 0 Å². The number of aliphatic hydroxyl groups is 1. The van der Waals surface area contributed by atoms with Gasteiger partial charge in [-0.15, -0.1) is 0 Å². The zero-order valence-corrected chi connectivity index (χ0v) is 11.4. The summed E-state index contributed by atoms with van der Waals surface area (Å²) in [7, 11) is 0. The molecule has 0 heterocycles. The van der Waals surface area contributed by atoms with Gasteiger partial charge in [-0.25, -0.2) is 4.79 Å². The van der Waals surface area contributed by atoms with E-state index in [2.05, 4.69) is 5.32 Å². The second kappa shape index (κ2) is 6.00. The summed E-state index contributed by atoms with van der Waals surface area (Å²) in [6.07, 6.45) is -1.51. The summed E-state index contributed by atoms with van der Waals surface area (Å²) in [6, 6.07) is -0.538. The van der Waals surface area contributed by atoms with Crippen molar-refractivity contribution in [2.24, 2.45) is 5.92 Å². The normalized spacial score (nSPS) is 16.9. The number of carbonyl (C=O) groups excluding carboxylic acids is 2. The number of carbonyl (C=O) groups is 2. The highest BCUT2D eigenvalue weighted by Crippen LogP contribution is 2.10. The van der Waals surface area contributed by atoms with Gasteiger partial charge in [0, 0.05) is 5.92 Å². The van der Waals surface area contributed by atoms with Crippen LogP contribution in [0.3, 0.4) is 0 Å². The maximum absolute atomic E-state index is 11.4. The van der Waals surface area contributed by atoms with Gasteiger partial charge in [0.05, 0.1) is 12.1 Å². The number of ether oxygens (including phenoxy) is 1. The van der Waals surface area contributed by atoms with E-state index < -0.39 is 29.8 Å². The monoisotopic (exact) mass is 245 g/mol. The molecule has 0 rings (SSSR count). The number of aliphatic hydroxyl groups excluding tert-OH is 1. The van der Waals surface area contributed by atoms with E-state index in [0.717, 1.165) is 0 Å². The van der Waals surface area contributed by atoms with Gasteiger partial charge in [-0.2, -0.15) is 0 Å². The molecule has 2 N–H and O–H groups in total. The van der Waals surface area contributed by atoms with Gasteiger partial charge in [-0.1, -0.05) is 6.92 Å². The summed E-state index contributed by atoms with van der Waals surface area (Å²) in [4.78, 5) is 22.5. The van der Waals surface area contributed by atoms with Gasteiger partial charge >= 0.3 is 6.09 Å². The first-order chi connectivity index (χ1) is 7.54. The second-order valence-corrected chi connectivity index (χ2v) is 5.32. The number of amides is 1. The van der Waals surface area contributed by atoms with E-state index in [0.29, 0.717) is 0 Å². The average Bonchev–Trinajstić information content (AvgIpc) is 2.11. The zero-order chi connectivity index (χ0) is 13.8. The molecule has 0 aliphatic heterocycles. The smallest absolute Gasteiger partial charge is 0.407 e. The Labute approximate surface area is 103 Å². The van der Waals surface area contributed by atoms with Crippen molar-refractivity contribution in [1.29, 1.82) is 0 Å². The van der Waals surface area contributed by atoms with Crippen molar-refractivity contribution in [3.05, 3.63) is 0 Å². The Balaban J connectivity index is 4.30. The maximum atomic E-state index is 11.4. The van der Waals surface area contributed by atoms with E-state index in [9.17, 15) is 14.7 Å². The number of rotatable bonds is 4. The molecule has 3 atom stereocenters. The molecule has 0 aromatic heterocycles. The third-order valence-corrected chi connectivity index (χ3v) is 2.41. The van der Waals surface area contributed by atoms with E-state index in [-0.39, 0.29) is 5.78 Å². The topological polar surface area (TPSA) is 75.6 Å². The van der Waals surface area contributed by atoms with Gasteiger partial charge in [-0.3, -0.25) is 4.79 Å². The van der Waals surface area contributed by atoms with Gasteiger partial charge in [0.2, 0.25) is 0 Å². The lowest BCUT2D eigenvalue weighted by Crippen LogP contribution is -2.47. The molecule has 0 aliphatic rings. The number of Topliss-reactive ketones (excluding diaryl/α,β-unsaturated/α-hetero) is 1. The summed E-state index contributed by atoms with van der Waals surface area (Å²) in [5, 5.41) is 12.3. The SMILES string of the molecule is CC(=O)[C@H](C)[C@@H](O)[C@@H](C)NC(=O)OC(C)(C)C. The van der Waals surface area contributed by atoms with Crippen LogP contribution in [-0.4, -0.2) is 34.7 Å². The third kappa shape index (κ3) is 6.26. The van der Waals surface area contributed by atoms with Crippen molar-refractivity contribution >= 4 is 11.9 Å². The lowest BCUT2D eigenvalue weighted by atomic mass is 9.96. The molecular weight excluding hydrogens is 222 g/mol. The minimum Gasteiger partial charge on any atom is -0.444 e. The van der Waals surface area contributed by atoms with E-state index in [1.807, 2.05) is 0 Å². The van der Waals surface area contributed by atoms with Gasteiger partial charge < -0.3 is 15.2 Å². The molecule has 0 bridgehead atoms. The van der Waals surface area contributed by atoms with Crippen LogP contribution in [-0.2, 0) is 9.53 Å². The largest absolute Gasteiger partial charge is 0.444 e. The maximum Gasteiger partial charge on any atom is 0.407 e. The number of hydrogen-bond donors (Lipinski definition) is 2. The lowest BCUT2D eigenvalue weighted by Gasteiger charge is -2.26. The van der Waals surface area contributed by atoms with Crippen LogP contribution in [0.25, 0.3) is 0 Å². The van der Waals surface area contributed by atoms with Crippen LogP contribution >= 0.6 is 0 Å². The lowest BCUT2D eigenvalue weighted by molar-refractivity contribution is -0.124. The molecule has 0 fully saturated rings. The first-order valence-corrected chi connectivity index (χ1v) is 5.72. The van der Waals surface area contributed by atoms with Crippen LogP contribution in [0.1, 0.15) is 41.5 Å². The number of alkyl carbamates (subject to hydrolysis) is 1. The Kier molecular flexibility index (Phi) is 5.61. The van der Waals surface area contributed by atoms with Crippen LogP contribution in [0.5, 0.6) is 0 Å². The first kappa shape index (κ1) is 15.9. The summed E-state index contributed by atoms with van der Waals surface area (Å²) < 4.78 is 5.05. The predicted molar refractivity (Wildman–Crippen MR) is 64.7 cm³/mol. The minimum absolute atomic E-state index is 0.115. The fourth-order valence-electron chi connectivity index (χ4n) is 1.25. The van der Waals surface area contributed by atoms with Crippen molar-refractivity contribution in [1.82, 2.24) is 5.32 Å². The Hall–Kier alpha value is -1.10. The molecule has 0 aliphatic carbocycles. The molecule has 0 aromatic rings. The Morgan fingerprint density at radius 3 is 2.06 bits per heavy atom. The summed E-state index contributed by atoms with van der Waals surface area (Å²) in [5.41, 5.74) is -0.582. The standard InChI is InChI=1S/C12H23NO4/c1-7(9(3)14)10(15)8(2)13-11(16)17-12(4,5)6/h7-8,10,15H,1-6H3,(H,13,16)/t7-,8+,10+/m0/s1. The first-order valence-electron chi connectivity index (χ1n) is 5.72. The molecule has 100 valence electrons. The quantitative estimate of drug-likeness (QED) is 0.786. The van der Waals surface area contributed by atoms with Crippen molar-refractivity contribution in [2.45, 2.75) is 59.3 Å². The van der Waals surface area contributed by atoms with E-state index in [4.69, 9.17) is 4.74 Å². The highest BCUT2D eigenvalue weighted by Gasteiger charge is 2.27. The van der Waals surface area contributed by atoms with Crippen molar-refractivity contribution in [3.8, 4) is 0 Å². The zero-order valence-electron chi connectivity index (χ0n) is 11.4. The van der Waals surface area contributed by atoms with Crippen molar-refractivity contribution < 1.29 is 19.4 Å². The molecule has 0 saturated heterocycles. The van der Waals surface area contributed by atoms with Crippen LogP contribution in [0.2, 0.25) is 0 Å². The van der Waals surface area contributed by atoms with Gasteiger partial charge in [0.15, 0.2) is 0 Å². The highest BCUT2D eigenvalue weighted by molar-refractivity contribution is 5.78. The van der Waals surface area contributed by atoms with Crippen LogP contribution in [0, 0.1) is 5.92 Å². The van der Waals surface area contributed by atoms with Gasteiger partial charge in [0.1, 0.15) is 11.4 Å².